The van der Waals surface area contributed by atoms with E-state index in [2.05, 4.69) is 0 Å². The summed E-state index contributed by atoms with van der Waals surface area (Å²) in [5.41, 5.74) is 5.54. The summed E-state index contributed by atoms with van der Waals surface area (Å²) in [4.78, 5) is 0.105. The van der Waals surface area contributed by atoms with Crippen molar-refractivity contribution in [2.75, 3.05) is 0 Å². The molecule has 0 radical (unpaired) electrons. The van der Waals surface area contributed by atoms with E-state index in [1.807, 2.05) is 0 Å². The predicted molar refractivity (Wildman–Crippen MR) is 56.7 cm³/mol. The van der Waals surface area contributed by atoms with Crippen molar-refractivity contribution in [3.8, 4) is 0 Å². The second kappa shape index (κ2) is 4.28. The normalized spacial score (nSPS) is 16.0. The molecule has 2 N–H and O–H groups in total. The van der Waals surface area contributed by atoms with Gasteiger partial charge in [-0.15, -0.1) is 0 Å². The largest absolute Gasteiger partial charge is 0.327 e. The first kappa shape index (κ1) is 12.1. The highest BCUT2D eigenvalue weighted by atomic mass is 32.2. The van der Waals surface area contributed by atoms with Crippen LogP contribution in [0.4, 0.5) is 4.39 Å². The van der Waals surface area contributed by atoms with Gasteiger partial charge in [0.2, 0.25) is 0 Å². The van der Waals surface area contributed by atoms with Crippen LogP contribution in [0, 0.1) is 5.82 Å². The standard InChI is InChI=1S/C10H14FNO2S/c1-7(12)8(2)15(13,14)10-5-3-9(11)4-6-10/h3-8H,12H2,1-2H3. The van der Waals surface area contributed by atoms with Gasteiger partial charge in [-0.2, -0.15) is 0 Å². The first-order valence-electron chi connectivity index (χ1n) is 4.60. The average Bonchev–Trinajstić information content (AvgIpc) is 2.17. The quantitative estimate of drug-likeness (QED) is 0.798. The third kappa shape index (κ3) is 2.54. The molecule has 0 aliphatic rings. The van der Waals surface area contributed by atoms with Crippen LogP contribution in [0.3, 0.4) is 0 Å². The Morgan fingerprint density at radius 2 is 1.67 bits per heavy atom. The van der Waals surface area contributed by atoms with Crippen molar-refractivity contribution in [3.63, 3.8) is 0 Å². The summed E-state index contributed by atoms with van der Waals surface area (Å²) in [6.45, 7) is 3.18. The van der Waals surface area contributed by atoms with Gasteiger partial charge in [0.15, 0.2) is 9.84 Å². The molecule has 1 rings (SSSR count). The number of rotatable bonds is 3. The van der Waals surface area contributed by atoms with Crippen molar-refractivity contribution in [1.82, 2.24) is 0 Å². The molecule has 0 saturated carbocycles. The zero-order valence-electron chi connectivity index (χ0n) is 8.64. The molecule has 1 aromatic carbocycles. The molecule has 15 heavy (non-hydrogen) atoms. The summed E-state index contributed by atoms with van der Waals surface area (Å²) in [5.74, 6) is -0.456. The van der Waals surface area contributed by atoms with E-state index in [4.69, 9.17) is 5.73 Å². The molecule has 0 amide bonds. The molecule has 0 aliphatic heterocycles. The molecule has 1 aromatic rings. The molecule has 3 nitrogen and oxygen atoms in total. The number of benzene rings is 1. The lowest BCUT2D eigenvalue weighted by Crippen LogP contribution is -2.35. The Bertz CT molecular complexity index is 425. The lowest BCUT2D eigenvalue weighted by atomic mass is 10.3. The van der Waals surface area contributed by atoms with Crippen LogP contribution < -0.4 is 5.73 Å². The molecule has 2 atom stereocenters. The molecule has 0 heterocycles. The van der Waals surface area contributed by atoms with Gasteiger partial charge in [-0.25, -0.2) is 12.8 Å². The fraction of sp³-hybridized carbons (Fsp3) is 0.400. The maximum Gasteiger partial charge on any atom is 0.182 e. The topological polar surface area (TPSA) is 60.2 Å². The Balaban J connectivity index is 3.12. The SMILES string of the molecule is CC(N)C(C)S(=O)(=O)c1ccc(F)cc1. The van der Waals surface area contributed by atoms with Gasteiger partial charge < -0.3 is 5.73 Å². The van der Waals surface area contributed by atoms with E-state index in [-0.39, 0.29) is 4.90 Å². The van der Waals surface area contributed by atoms with E-state index in [9.17, 15) is 12.8 Å². The minimum Gasteiger partial charge on any atom is -0.327 e. The third-order valence-electron chi connectivity index (χ3n) is 2.37. The zero-order valence-corrected chi connectivity index (χ0v) is 9.46. The Morgan fingerprint density at radius 3 is 2.07 bits per heavy atom. The van der Waals surface area contributed by atoms with Gasteiger partial charge >= 0.3 is 0 Å². The third-order valence-corrected chi connectivity index (χ3v) is 4.71. The second-order valence-corrected chi connectivity index (χ2v) is 5.87. The molecule has 0 bridgehead atoms. The van der Waals surface area contributed by atoms with Crippen molar-refractivity contribution in [2.24, 2.45) is 5.73 Å². The average molecular weight is 231 g/mol. The van der Waals surface area contributed by atoms with Crippen LogP contribution in [-0.4, -0.2) is 19.7 Å². The van der Waals surface area contributed by atoms with E-state index in [0.29, 0.717) is 0 Å². The van der Waals surface area contributed by atoms with Gasteiger partial charge in [0.25, 0.3) is 0 Å². The predicted octanol–water partition coefficient (Wildman–Crippen LogP) is 1.34. The van der Waals surface area contributed by atoms with Crippen LogP contribution in [0.5, 0.6) is 0 Å². The van der Waals surface area contributed by atoms with Crippen molar-refractivity contribution in [3.05, 3.63) is 30.1 Å². The lowest BCUT2D eigenvalue weighted by Gasteiger charge is -2.16. The monoisotopic (exact) mass is 231 g/mol. The molecular formula is C10H14FNO2S. The van der Waals surface area contributed by atoms with Crippen LogP contribution >= 0.6 is 0 Å². The number of nitrogens with two attached hydrogens (primary N) is 1. The highest BCUT2D eigenvalue weighted by molar-refractivity contribution is 7.92. The number of halogens is 1. The summed E-state index contributed by atoms with van der Waals surface area (Å²) >= 11 is 0. The minimum atomic E-state index is -3.45. The Morgan fingerprint density at radius 1 is 1.20 bits per heavy atom. The fourth-order valence-electron chi connectivity index (χ4n) is 1.12. The van der Waals surface area contributed by atoms with E-state index in [0.717, 1.165) is 12.1 Å². The molecule has 0 saturated heterocycles. The Labute approximate surface area is 89.0 Å². The van der Waals surface area contributed by atoms with Crippen molar-refractivity contribution < 1.29 is 12.8 Å². The van der Waals surface area contributed by atoms with E-state index in [1.54, 1.807) is 13.8 Å². The van der Waals surface area contributed by atoms with Crippen LogP contribution in [0.1, 0.15) is 13.8 Å². The zero-order chi connectivity index (χ0) is 11.6. The maximum atomic E-state index is 12.6. The highest BCUT2D eigenvalue weighted by Crippen LogP contribution is 2.17. The smallest absolute Gasteiger partial charge is 0.182 e. The lowest BCUT2D eigenvalue weighted by molar-refractivity contribution is 0.567. The first-order valence-corrected chi connectivity index (χ1v) is 6.15. The van der Waals surface area contributed by atoms with Crippen LogP contribution in [0.25, 0.3) is 0 Å². The van der Waals surface area contributed by atoms with E-state index < -0.39 is 26.9 Å². The van der Waals surface area contributed by atoms with Gasteiger partial charge in [-0.3, -0.25) is 0 Å². The number of hydrogen-bond acceptors (Lipinski definition) is 3. The molecular weight excluding hydrogens is 217 g/mol. The Hall–Kier alpha value is -0.940. The van der Waals surface area contributed by atoms with Crippen LogP contribution in [0.2, 0.25) is 0 Å². The van der Waals surface area contributed by atoms with Crippen LogP contribution in [-0.2, 0) is 9.84 Å². The van der Waals surface area contributed by atoms with Gasteiger partial charge in [-0.1, -0.05) is 0 Å². The molecule has 0 aromatic heterocycles. The summed E-state index contributed by atoms with van der Waals surface area (Å²) in [6.07, 6.45) is 0. The van der Waals surface area contributed by atoms with Gasteiger partial charge in [0.1, 0.15) is 5.82 Å². The number of hydrogen-bond donors (Lipinski definition) is 1. The summed E-state index contributed by atoms with van der Waals surface area (Å²) in [6, 6.07) is 4.30. The van der Waals surface area contributed by atoms with Gasteiger partial charge in [0, 0.05) is 6.04 Å². The van der Waals surface area contributed by atoms with Crippen molar-refractivity contribution >= 4 is 9.84 Å². The molecule has 0 spiro atoms. The molecule has 5 heteroatoms. The first-order chi connectivity index (χ1) is 6.85. The van der Waals surface area contributed by atoms with Crippen molar-refractivity contribution in [2.45, 2.75) is 30.0 Å². The molecule has 84 valence electrons. The van der Waals surface area contributed by atoms with Crippen molar-refractivity contribution in [1.29, 1.82) is 0 Å². The molecule has 0 fully saturated rings. The summed E-state index contributed by atoms with van der Waals surface area (Å²) < 4.78 is 36.4. The maximum absolute atomic E-state index is 12.6. The highest BCUT2D eigenvalue weighted by Gasteiger charge is 2.26. The fourth-order valence-corrected chi connectivity index (χ4v) is 2.63. The number of sulfone groups is 1. The molecule has 0 aliphatic carbocycles. The van der Waals surface area contributed by atoms with E-state index >= 15 is 0 Å². The van der Waals surface area contributed by atoms with Gasteiger partial charge in [0.05, 0.1) is 10.1 Å². The summed E-state index contributed by atoms with van der Waals surface area (Å²) in [7, 11) is -3.45. The van der Waals surface area contributed by atoms with Crippen LogP contribution in [0.15, 0.2) is 29.2 Å². The molecule has 2 unspecified atom stereocenters. The second-order valence-electron chi connectivity index (χ2n) is 3.56. The Kier molecular flexibility index (Phi) is 3.46. The minimum absolute atomic E-state index is 0.105. The summed E-state index contributed by atoms with van der Waals surface area (Å²) in [5, 5.41) is -0.678. The van der Waals surface area contributed by atoms with E-state index in [1.165, 1.54) is 12.1 Å². The van der Waals surface area contributed by atoms with Gasteiger partial charge in [-0.05, 0) is 38.1 Å².